The van der Waals surface area contributed by atoms with Crippen molar-refractivity contribution in [1.82, 2.24) is 14.6 Å². The predicted molar refractivity (Wildman–Crippen MR) is 96.6 cm³/mol. The number of aromatic amines is 1. The zero-order chi connectivity index (χ0) is 18.0. The van der Waals surface area contributed by atoms with Crippen molar-refractivity contribution in [2.45, 2.75) is 31.2 Å². The molecule has 1 fully saturated rings. The highest BCUT2D eigenvalue weighted by molar-refractivity contribution is 7.99. The normalized spacial score (nSPS) is 19.2. The zero-order valence-corrected chi connectivity index (χ0v) is 16.0. The Labute approximate surface area is 147 Å². The molecule has 1 aromatic heterocycles. The molecule has 1 saturated heterocycles. The summed E-state index contributed by atoms with van der Waals surface area (Å²) in [6.45, 7) is 7.13. The fourth-order valence-corrected chi connectivity index (χ4v) is 4.92. The number of rotatable bonds is 6. The molecule has 2 heterocycles. The fourth-order valence-electron chi connectivity index (χ4n) is 2.35. The Balaban J connectivity index is 2.16. The number of amides is 1. The smallest absolute Gasteiger partial charge is 0.268 e. The summed E-state index contributed by atoms with van der Waals surface area (Å²) in [5.74, 6) is 1.38. The number of carbonyl (C=O) groups excluding carboxylic acids is 1. The van der Waals surface area contributed by atoms with E-state index in [0.717, 1.165) is 11.5 Å². The molecule has 0 spiro atoms. The first kappa shape index (κ1) is 19.3. The minimum Gasteiger partial charge on any atom is -0.356 e. The van der Waals surface area contributed by atoms with Crippen LogP contribution in [0.1, 0.15) is 31.3 Å². The standard InChI is InChI=1S/C15H26N4O3S2/c1-11(2)15(3,10-16)18-14(20)13-8-12(9-17-13)24(21,22)19-4-6-23-7-5-19/h8-9,11,17H,4-7,10,16H2,1-3H3,(H,18,20). The van der Waals surface area contributed by atoms with Gasteiger partial charge in [-0.05, 0) is 18.9 Å². The quantitative estimate of drug-likeness (QED) is 0.684. The third kappa shape index (κ3) is 3.96. The van der Waals surface area contributed by atoms with Crippen molar-refractivity contribution in [2.75, 3.05) is 31.1 Å². The molecule has 7 nitrogen and oxygen atoms in total. The molecule has 0 saturated carbocycles. The van der Waals surface area contributed by atoms with Gasteiger partial charge in [-0.2, -0.15) is 16.1 Å². The van der Waals surface area contributed by atoms with Crippen LogP contribution in [0, 0.1) is 5.92 Å². The highest BCUT2D eigenvalue weighted by Gasteiger charge is 2.31. The molecule has 1 aliphatic rings. The second-order valence-electron chi connectivity index (χ2n) is 6.50. The van der Waals surface area contributed by atoms with Crippen molar-refractivity contribution < 1.29 is 13.2 Å². The lowest BCUT2D eigenvalue weighted by atomic mass is 9.88. The van der Waals surface area contributed by atoms with Crippen LogP contribution in [-0.2, 0) is 10.0 Å². The summed E-state index contributed by atoms with van der Waals surface area (Å²) in [7, 11) is -3.56. The van der Waals surface area contributed by atoms with Crippen LogP contribution in [0.4, 0.5) is 0 Å². The second-order valence-corrected chi connectivity index (χ2v) is 9.66. The molecule has 0 bridgehead atoms. The SMILES string of the molecule is CC(C)C(C)(CN)NC(=O)c1cc(S(=O)(=O)N2CCSCC2)c[nH]1. The molecule has 0 radical (unpaired) electrons. The number of H-pyrrole nitrogens is 1. The van der Waals surface area contributed by atoms with E-state index in [1.165, 1.54) is 16.6 Å². The highest BCUT2D eigenvalue weighted by Crippen LogP contribution is 2.21. The van der Waals surface area contributed by atoms with Crippen LogP contribution >= 0.6 is 11.8 Å². The Bertz CT molecular complexity index is 681. The van der Waals surface area contributed by atoms with Gasteiger partial charge < -0.3 is 16.0 Å². The number of nitrogens with one attached hydrogen (secondary N) is 2. The minimum absolute atomic E-state index is 0.124. The van der Waals surface area contributed by atoms with Crippen LogP contribution in [-0.4, -0.2) is 60.3 Å². The van der Waals surface area contributed by atoms with Gasteiger partial charge in [-0.1, -0.05) is 13.8 Å². The van der Waals surface area contributed by atoms with Crippen molar-refractivity contribution in [3.63, 3.8) is 0 Å². The Morgan fingerprint density at radius 3 is 2.62 bits per heavy atom. The number of hydrogen-bond acceptors (Lipinski definition) is 5. The number of hydrogen-bond donors (Lipinski definition) is 3. The molecule has 1 atom stereocenters. The average Bonchev–Trinajstić information content (AvgIpc) is 3.06. The maximum Gasteiger partial charge on any atom is 0.268 e. The summed E-state index contributed by atoms with van der Waals surface area (Å²) in [5, 5.41) is 2.90. The van der Waals surface area contributed by atoms with E-state index in [9.17, 15) is 13.2 Å². The Morgan fingerprint density at radius 2 is 2.08 bits per heavy atom. The summed E-state index contributed by atoms with van der Waals surface area (Å²) in [5.41, 5.74) is 5.45. The molecular weight excluding hydrogens is 348 g/mol. The first-order chi connectivity index (χ1) is 11.2. The topological polar surface area (TPSA) is 108 Å². The van der Waals surface area contributed by atoms with E-state index in [2.05, 4.69) is 10.3 Å². The summed E-state index contributed by atoms with van der Waals surface area (Å²) in [6, 6.07) is 1.39. The molecule has 2 rings (SSSR count). The number of nitrogens with two attached hydrogens (primary N) is 1. The molecule has 0 aromatic carbocycles. The van der Waals surface area contributed by atoms with Crippen molar-refractivity contribution in [3.05, 3.63) is 18.0 Å². The van der Waals surface area contributed by atoms with Crippen LogP contribution in [0.3, 0.4) is 0 Å². The summed E-state index contributed by atoms with van der Waals surface area (Å²) in [4.78, 5) is 15.3. The van der Waals surface area contributed by atoms with Gasteiger partial charge in [-0.15, -0.1) is 0 Å². The van der Waals surface area contributed by atoms with Gasteiger partial charge in [0.1, 0.15) is 10.6 Å². The van der Waals surface area contributed by atoms with Crippen molar-refractivity contribution in [3.8, 4) is 0 Å². The molecule has 1 aliphatic heterocycles. The number of aromatic nitrogens is 1. The molecular formula is C15H26N4O3S2. The van der Waals surface area contributed by atoms with Gasteiger partial charge in [-0.25, -0.2) is 8.42 Å². The Kier molecular flexibility index (Phi) is 6.00. The zero-order valence-electron chi connectivity index (χ0n) is 14.3. The predicted octanol–water partition coefficient (Wildman–Crippen LogP) is 0.855. The Hall–Kier alpha value is -1.03. The molecule has 136 valence electrons. The van der Waals surface area contributed by atoms with Gasteiger partial charge in [-0.3, -0.25) is 4.79 Å². The number of thioether (sulfide) groups is 1. The third-order valence-corrected chi connectivity index (χ3v) is 7.43. The molecule has 4 N–H and O–H groups in total. The summed E-state index contributed by atoms with van der Waals surface area (Å²) in [6.07, 6.45) is 1.38. The number of sulfonamides is 1. The maximum atomic E-state index is 12.6. The van der Waals surface area contributed by atoms with Gasteiger partial charge >= 0.3 is 0 Å². The van der Waals surface area contributed by atoms with Gasteiger partial charge in [0.2, 0.25) is 10.0 Å². The first-order valence-electron chi connectivity index (χ1n) is 7.99. The molecule has 9 heteroatoms. The van der Waals surface area contributed by atoms with Crippen molar-refractivity contribution >= 4 is 27.7 Å². The molecule has 1 unspecified atom stereocenters. The molecule has 1 amide bonds. The minimum atomic E-state index is -3.56. The van der Waals surface area contributed by atoms with E-state index in [0.29, 0.717) is 19.6 Å². The monoisotopic (exact) mass is 374 g/mol. The Morgan fingerprint density at radius 1 is 1.46 bits per heavy atom. The molecule has 0 aliphatic carbocycles. The van der Waals surface area contributed by atoms with Crippen LogP contribution < -0.4 is 11.1 Å². The fraction of sp³-hybridized carbons (Fsp3) is 0.667. The lowest BCUT2D eigenvalue weighted by Crippen LogP contribution is -2.55. The van der Waals surface area contributed by atoms with Crippen LogP contribution in [0.15, 0.2) is 17.2 Å². The summed E-state index contributed by atoms with van der Waals surface area (Å²) < 4.78 is 26.7. The summed E-state index contributed by atoms with van der Waals surface area (Å²) >= 11 is 1.74. The number of carbonyl (C=O) groups is 1. The lowest BCUT2D eigenvalue weighted by molar-refractivity contribution is 0.0878. The maximum absolute atomic E-state index is 12.6. The van der Waals surface area contributed by atoms with Crippen LogP contribution in [0.25, 0.3) is 0 Å². The van der Waals surface area contributed by atoms with Gasteiger partial charge in [0, 0.05) is 37.3 Å². The largest absolute Gasteiger partial charge is 0.356 e. The number of nitrogens with zero attached hydrogens (tertiary/aromatic N) is 1. The molecule has 24 heavy (non-hydrogen) atoms. The van der Waals surface area contributed by atoms with Gasteiger partial charge in [0.25, 0.3) is 5.91 Å². The van der Waals surface area contributed by atoms with Crippen LogP contribution in [0.2, 0.25) is 0 Å². The van der Waals surface area contributed by atoms with Crippen LogP contribution in [0.5, 0.6) is 0 Å². The van der Waals surface area contributed by atoms with Crippen molar-refractivity contribution in [1.29, 1.82) is 0 Å². The molecule has 1 aromatic rings. The van der Waals surface area contributed by atoms with Crippen molar-refractivity contribution in [2.24, 2.45) is 11.7 Å². The van der Waals surface area contributed by atoms with Gasteiger partial charge in [0.05, 0.1) is 5.54 Å². The van der Waals surface area contributed by atoms with E-state index in [4.69, 9.17) is 5.73 Å². The highest BCUT2D eigenvalue weighted by atomic mass is 32.2. The van der Waals surface area contributed by atoms with E-state index >= 15 is 0 Å². The third-order valence-electron chi connectivity index (χ3n) is 4.61. The van der Waals surface area contributed by atoms with E-state index in [-0.39, 0.29) is 22.4 Å². The van der Waals surface area contributed by atoms with E-state index < -0.39 is 15.6 Å². The van der Waals surface area contributed by atoms with Gasteiger partial charge in [0.15, 0.2) is 0 Å². The lowest BCUT2D eigenvalue weighted by Gasteiger charge is -2.33. The van der Waals surface area contributed by atoms with E-state index in [1.807, 2.05) is 20.8 Å². The van der Waals surface area contributed by atoms with E-state index in [1.54, 1.807) is 11.8 Å². The average molecular weight is 375 g/mol. The second kappa shape index (κ2) is 7.47. The first-order valence-corrected chi connectivity index (χ1v) is 10.6.